The molecule has 0 bridgehead atoms. The van der Waals surface area contributed by atoms with Gasteiger partial charge in [0.15, 0.2) is 0 Å². The molecule has 0 aliphatic heterocycles. The summed E-state index contributed by atoms with van der Waals surface area (Å²) in [5.74, 6) is -1.22. The number of aryl methyl sites for hydroxylation is 1. The van der Waals surface area contributed by atoms with Crippen LogP contribution < -0.4 is 9.46 Å². The molecule has 112 valence electrons. The van der Waals surface area contributed by atoms with E-state index in [0.717, 1.165) is 12.1 Å². The Labute approximate surface area is 121 Å². The molecular formula is C14H13F2NO3S. The van der Waals surface area contributed by atoms with Gasteiger partial charge in [-0.3, -0.25) is 4.72 Å². The molecule has 2 rings (SSSR count). The van der Waals surface area contributed by atoms with E-state index < -0.39 is 21.7 Å². The second kappa shape index (κ2) is 5.69. The van der Waals surface area contributed by atoms with Gasteiger partial charge in [0, 0.05) is 6.07 Å². The van der Waals surface area contributed by atoms with Gasteiger partial charge in [-0.1, -0.05) is 0 Å². The van der Waals surface area contributed by atoms with E-state index in [4.69, 9.17) is 4.74 Å². The number of ether oxygens (including phenoxy) is 1. The maximum absolute atomic E-state index is 13.5. The lowest BCUT2D eigenvalue weighted by Crippen LogP contribution is -2.14. The second-order valence-electron chi connectivity index (χ2n) is 4.36. The zero-order valence-electron chi connectivity index (χ0n) is 11.4. The van der Waals surface area contributed by atoms with Gasteiger partial charge in [0.2, 0.25) is 0 Å². The summed E-state index contributed by atoms with van der Waals surface area (Å²) in [5, 5.41) is 0. The zero-order valence-corrected chi connectivity index (χ0v) is 12.2. The molecule has 0 radical (unpaired) electrons. The number of hydrogen-bond donors (Lipinski definition) is 1. The van der Waals surface area contributed by atoms with Crippen LogP contribution in [0.4, 0.5) is 14.5 Å². The molecule has 0 fully saturated rings. The van der Waals surface area contributed by atoms with E-state index in [-0.39, 0.29) is 10.6 Å². The summed E-state index contributed by atoms with van der Waals surface area (Å²) in [6, 6.07) is 6.86. The zero-order chi connectivity index (χ0) is 15.6. The fraction of sp³-hybridized carbons (Fsp3) is 0.143. The molecule has 0 saturated heterocycles. The first-order valence-electron chi connectivity index (χ1n) is 5.96. The third-order valence-corrected chi connectivity index (χ3v) is 4.22. The maximum atomic E-state index is 13.5. The summed E-state index contributed by atoms with van der Waals surface area (Å²) in [7, 11) is -2.49. The Morgan fingerprint density at radius 3 is 2.38 bits per heavy atom. The number of nitrogens with one attached hydrogen (secondary N) is 1. The van der Waals surface area contributed by atoms with Crippen LogP contribution in [-0.4, -0.2) is 15.5 Å². The summed E-state index contributed by atoms with van der Waals surface area (Å²) in [6.07, 6.45) is 0. The van der Waals surface area contributed by atoms with Crippen LogP contribution in [0.1, 0.15) is 5.56 Å². The van der Waals surface area contributed by atoms with Crippen molar-refractivity contribution in [2.24, 2.45) is 0 Å². The Balaban J connectivity index is 2.36. The molecule has 0 saturated carbocycles. The van der Waals surface area contributed by atoms with E-state index >= 15 is 0 Å². The number of methoxy groups -OCH3 is 1. The van der Waals surface area contributed by atoms with E-state index in [1.54, 1.807) is 6.92 Å². The fourth-order valence-corrected chi connectivity index (χ4v) is 2.95. The smallest absolute Gasteiger partial charge is 0.262 e. The first-order valence-corrected chi connectivity index (χ1v) is 7.44. The topological polar surface area (TPSA) is 55.4 Å². The fourth-order valence-electron chi connectivity index (χ4n) is 1.79. The molecule has 0 unspecified atom stereocenters. The largest absolute Gasteiger partial charge is 0.496 e. The van der Waals surface area contributed by atoms with Crippen LogP contribution in [0, 0.1) is 18.6 Å². The Morgan fingerprint density at radius 1 is 1.10 bits per heavy atom. The number of halogens is 2. The Hall–Kier alpha value is -2.15. The molecule has 2 aromatic rings. The van der Waals surface area contributed by atoms with Crippen molar-refractivity contribution >= 4 is 15.7 Å². The predicted octanol–water partition coefficient (Wildman–Crippen LogP) is 3.08. The minimum Gasteiger partial charge on any atom is -0.496 e. The van der Waals surface area contributed by atoms with Crippen molar-refractivity contribution in [3.05, 3.63) is 53.6 Å². The number of anilines is 1. The van der Waals surface area contributed by atoms with Gasteiger partial charge in [0.25, 0.3) is 10.0 Å². The van der Waals surface area contributed by atoms with Gasteiger partial charge in [-0.05, 0) is 42.8 Å². The Bertz CT molecular complexity index is 776. The van der Waals surface area contributed by atoms with Gasteiger partial charge in [0.05, 0.1) is 17.7 Å². The van der Waals surface area contributed by atoms with Crippen molar-refractivity contribution in [2.45, 2.75) is 11.8 Å². The van der Waals surface area contributed by atoms with Crippen molar-refractivity contribution in [2.75, 3.05) is 11.8 Å². The number of hydrogen-bond acceptors (Lipinski definition) is 3. The van der Waals surface area contributed by atoms with Crippen LogP contribution in [0.25, 0.3) is 0 Å². The summed E-state index contributed by atoms with van der Waals surface area (Å²) in [4.78, 5) is -0.0375. The van der Waals surface area contributed by atoms with Crippen molar-refractivity contribution in [3.8, 4) is 5.75 Å². The monoisotopic (exact) mass is 313 g/mol. The molecule has 1 N–H and O–H groups in total. The van der Waals surface area contributed by atoms with Crippen LogP contribution >= 0.6 is 0 Å². The van der Waals surface area contributed by atoms with Gasteiger partial charge in [-0.25, -0.2) is 17.2 Å². The lowest BCUT2D eigenvalue weighted by Gasteiger charge is -2.11. The van der Waals surface area contributed by atoms with Crippen molar-refractivity contribution < 1.29 is 21.9 Å². The highest BCUT2D eigenvalue weighted by molar-refractivity contribution is 7.92. The highest BCUT2D eigenvalue weighted by Crippen LogP contribution is 2.24. The standard InChI is InChI=1S/C14H13F2NO3S/c1-9-7-11(4-6-14(9)20-2)21(18,19)17-13-5-3-10(15)8-12(13)16/h3-8,17H,1-2H3. The number of rotatable bonds is 4. The van der Waals surface area contributed by atoms with Crippen molar-refractivity contribution in [3.63, 3.8) is 0 Å². The van der Waals surface area contributed by atoms with Gasteiger partial charge in [-0.2, -0.15) is 0 Å². The molecule has 0 spiro atoms. The first-order chi connectivity index (χ1) is 9.83. The summed E-state index contributed by atoms with van der Waals surface area (Å²) in [5.41, 5.74) is 0.310. The maximum Gasteiger partial charge on any atom is 0.262 e. The average Bonchev–Trinajstić information content (AvgIpc) is 2.42. The van der Waals surface area contributed by atoms with Crippen LogP contribution in [0.2, 0.25) is 0 Å². The van der Waals surface area contributed by atoms with E-state index in [2.05, 4.69) is 4.72 Å². The number of benzene rings is 2. The molecule has 0 amide bonds. The highest BCUT2D eigenvalue weighted by atomic mass is 32.2. The van der Waals surface area contributed by atoms with Crippen LogP contribution in [0.15, 0.2) is 41.3 Å². The van der Waals surface area contributed by atoms with Crippen LogP contribution in [0.5, 0.6) is 5.75 Å². The molecule has 0 aliphatic carbocycles. The lowest BCUT2D eigenvalue weighted by molar-refractivity contribution is 0.411. The highest BCUT2D eigenvalue weighted by Gasteiger charge is 2.17. The quantitative estimate of drug-likeness (QED) is 0.944. The molecule has 4 nitrogen and oxygen atoms in total. The van der Waals surface area contributed by atoms with Gasteiger partial charge in [0.1, 0.15) is 17.4 Å². The normalized spacial score (nSPS) is 11.2. The molecule has 0 aliphatic rings. The summed E-state index contributed by atoms with van der Waals surface area (Å²) >= 11 is 0. The summed E-state index contributed by atoms with van der Waals surface area (Å²) < 4.78 is 57.8. The second-order valence-corrected chi connectivity index (χ2v) is 6.04. The Morgan fingerprint density at radius 2 is 1.81 bits per heavy atom. The molecular weight excluding hydrogens is 300 g/mol. The SMILES string of the molecule is COc1ccc(S(=O)(=O)Nc2ccc(F)cc2F)cc1C. The molecule has 0 heterocycles. The molecule has 2 aromatic carbocycles. The lowest BCUT2D eigenvalue weighted by atomic mass is 10.2. The Kier molecular flexibility index (Phi) is 4.13. The third kappa shape index (κ3) is 3.30. The minimum absolute atomic E-state index is 0.0375. The van der Waals surface area contributed by atoms with Crippen molar-refractivity contribution in [1.82, 2.24) is 0 Å². The van der Waals surface area contributed by atoms with E-state index in [1.165, 1.54) is 25.3 Å². The predicted molar refractivity (Wildman–Crippen MR) is 74.9 cm³/mol. The average molecular weight is 313 g/mol. The third-order valence-electron chi connectivity index (χ3n) is 2.85. The van der Waals surface area contributed by atoms with E-state index in [1.807, 2.05) is 0 Å². The summed E-state index contributed by atoms with van der Waals surface area (Å²) in [6.45, 7) is 1.69. The molecule has 21 heavy (non-hydrogen) atoms. The molecule has 0 aromatic heterocycles. The van der Waals surface area contributed by atoms with Gasteiger partial charge in [-0.15, -0.1) is 0 Å². The minimum atomic E-state index is -3.96. The van der Waals surface area contributed by atoms with Crippen LogP contribution in [-0.2, 0) is 10.0 Å². The van der Waals surface area contributed by atoms with Crippen LogP contribution in [0.3, 0.4) is 0 Å². The van der Waals surface area contributed by atoms with Crippen molar-refractivity contribution in [1.29, 1.82) is 0 Å². The first kappa shape index (κ1) is 15.2. The van der Waals surface area contributed by atoms with E-state index in [9.17, 15) is 17.2 Å². The number of sulfonamides is 1. The molecule has 0 atom stereocenters. The van der Waals surface area contributed by atoms with Gasteiger partial charge < -0.3 is 4.74 Å². The van der Waals surface area contributed by atoms with Gasteiger partial charge >= 0.3 is 0 Å². The van der Waals surface area contributed by atoms with E-state index in [0.29, 0.717) is 17.4 Å². The molecule has 7 heteroatoms.